The number of thioether (sulfide) groups is 1. The molecule has 0 atom stereocenters. The fraction of sp³-hybridized carbons (Fsp3) is 0.652. The van der Waals surface area contributed by atoms with Crippen LogP contribution in [-0.4, -0.2) is 5.75 Å². The van der Waals surface area contributed by atoms with E-state index in [4.69, 9.17) is 0 Å². The van der Waals surface area contributed by atoms with Crippen LogP contribution in [-0.2, 0) is 11.8 Å². The van der Waals surface area contributed by atoms with E-state index in [2.05, 4.69) is 74.1 Å². The molecule has 25 heavy (non-hydrogen) atoms. The molecule has 0 saturated carbocycles. The molecule has 0 aromatic carbocycles. The third-order valence-corrected chi connectivity index (χ3v) is 7.50. The van der Waals surface area contributed by atoms with Crippen LogP contribution in [0.3, 0.4) is 0 Å². The topological polar surface area (TPSA) is 0 Å². The monoisotopic (exact) mass is 378 g/mol. The van der Waals surface area contributed by atoms with Crippen LogP contribution in [0.1, 0.15) is 90.0 Å². The standard InChI is InChI=1S/C23H38S2/c1-10-13-17(12-3)20(24-16-22(4,5)6)21-18(14-11-2)15-19(25-21)23(7,8)9/h12,15H,3,10-11,13-14,16H2,1-2,4-9H3/b20-17+. The van der Waals surface area contributed by atoms with Gasteiger partial charge in [0.05, 0.1) is 0 Å². The SMILES string of the molecule is C=C/C(CCC)=C(\SCC(C)(C)C)c1sc(C(C)(C)C)cc1CCC. The average Bonchev–Trinajstić information content (AvgIpc) is 2.90. The van der Waals surface area contributed by atoms with E-state index in [-0.39, 0.29) is 5.41 Å². The molecule has 1 heterocycles. The highest BCUT2D eigenvalue weighted by Gasteiger charge is 2.23. The number of allylic oxidation sites excluding steroid dienone is 2. The molecule has 1 aromatic heterocycles. The quantitative estimate of drug-likeness (QED) is 0.409. The minimum absolute atomic E-state index is 0.213. The molecule has 2 heteroatoms. The van der Waals surface area contributed by atoms with E-state index in [1.165, 1.54) is 38.6 Å². The van der Waals surface area contributed by atoms with Crippen molar-refractivity contribution in [3.05, 3.63) is 39.6 Å². The number of hydrogen-bond acceptors (Lipinski definition) is 2. The smallest absolute Gasteiger partial charge is 0.0444 e. The maximum Gasteiger partial charge on any atom is 0.0444 e. The first-order valence-electron chi connectivity index (χ1n) is 9.65. The largest absolute Gasteiger partial charge is 0.139 e. The predicted molar refractivity (Wildman–Crippen MR) is 121 cm³/mol. The minimum Gasteiger partial charge on any atom is -0.139 e. The summed E-state index contributed by atoms with van der Waals surface area (Å²) in [4.78, 5) is 4.49. The summed E-state index contributed by atoms with van der Waals surface area (Å²) in [5.74, 6) is 1.14. The van der Waals surface area contributed by atoms with Crippen molar-refractivity contribution < 1.29 is 0 Å². The van der Waals surface area contributed by atoms with E-state index >= 15 is 0 Å². The lowest BCUT2D eigenvalue weighted by Gasteiger charge is -2.21. The summed E-state index contributed by atoms with van der Waals surface area (Å²) in [7, 11) is 0. The van der Waals surface area contributed by atoms with Crippen molar-refractivity contribution in [2.45, 2.75) is 86.5 Å². The average molecular weight is 379 g/mol. The number of rotatable bonds is 8. The Morgan fingerprint density at radius 3 is 2.20 bits per heavy atom. The van der Waals surface area contributed by atoms with Crippen molar-refractivity contribution in [3.8, 4) is 0 Å². The van der Waals surface area contributed by atoms with Crippen molar-refractivity contribution in [1.82, 2.24) is 0 Å². The Kier molecular flexibility index (Phi) is 8.54. The normalized spacial score (nSPS) is 13.8. The van der Waals surface area contributed by atoms with E-state index in [1.54, 1.807) is 0 Å². The molecule has 0 N–H and O–H groups in total. The van der Waals surface area contributed by atoms with Crippen LogP contribution in [0.15, 0.2) is 24.3 Å². The molecule has 142 valence electrons. The summed E-state index contributed by atoms with van der Waals surface area (Å²) < 4.78 is 0. The van der Waals surface area contributed by atoms with Gasteiger partial charge in [0.15, 0.2) is 0 Å². The summed E-state index contributed by atoms with van der Waals surface area (Å²) in [6, 6.07) is 2.47. The molecule has 0 radical (unpaired) electrons. The second-order valence-corrected chi connectivity index (χ2v) is 11.2. The molecular weight excluding hydrogens is 340 g/mol. The molecular formula is C23H38S2. The minimum atomic E-state index is 0.213. The molecule has 0 nitrogen and oxygen atoms in total. The summed E-state index contributed by atoms with van der Waals surface area (Å²) in [6.45, 7) is 22.6. The van der Waals surface area contributed by atoms with Gasteiger partial charge in [0, 0.05) is 20.4 Å². The molecule has 0 fully saturated rings. The van der Waals surface area contributed by atoms with E-state index in [0.717, 1.165) is 18.6 Å². The third kappa shape index (κ3) is 6.98. The van der Waals surface area contributed by atoms with E-state index in [0.29, 0.717) is 5.41 Å². The lowest BCUT2D eigenvalue weighted by molar-refractivity contribution is 0.481. The van der Waals surface area contributed by atoms with Crippen LogP contribution in [0, 0.1) is 5.41 Å². The molecule has 0 bridgehead atoms. The van der Waals surface area contributed by atoms with Crippen LogP contribution in [0.5, 0.6) is 0 Å². The lowest BCUT2D eigenvalue weighted by Crippen LogP contribution is -2.08. The molecule has 0 aliphatic rings. The van der Waals surface area contributed by atoms with Gasteiger partial charge in [-0.05, 0) is 40.9 Å². The van der Waals surface area contributed by atoms with Gasteiger partial charge in [0.25, 0.3) is 0 Å². The van der Waals surface area contributed by atoms with Gasteiger partial charge in [-0.1, -0.05) is 80.9 Å². The van der Waals surface area contributed by atoms with Gasteiger partial charge in [-0.2, -0.15) is 0 Å². The summed E-state index contributed by atoms with van der Waals surface area (Å²) in [6.07, 6.45) is 6.74. The van der Waals surface area contributed by atoms with Crippen molar-refractivity contribution >= 4 is 28.0 Å². The number of thiophene rings is 1. The highest BCUT2D eigenvalue weighted by Crippen LogP contribution is 2.44. The van der Waals surface area contributed by atoms with Crippen LogP contribution < -0.4 is 0 Å². The molecule has 0 amide bonds. The Bertz CT molecular complexity index is 589. The lowest BCUT2D eigenvalue weighted by atomic mass is 9.93. The fourth-order valence-corrected chi connectivity index (χ4v) is 5.37. The van der Waals surface area contributed by atoms with E-state index in [1.807, 2.05) is 23.1 Å². The van der Waals surface area contributed by atoms with Crippen molar-refractivity contribution in [1.29, 1.82) is 0 Å². The molecule has 0 aliphatic heterocycles. The molecule has 1 rings (SSSR count). The first-order chi connectivity index (χ1) is 11.5. The second-order valence-electron chi connectivity index (χ2n) is 9.12. The van der Waals surface area contributed by atoms with Gasteiger partial charge in [0.1, 0.15) is 0 Å². The Labute approximate surface area is 165 Å². The Balaban J connectivity index is 3.47. The fourth-order valence-electron chi connectivity index (χ4n) is 2.62. The van der Waals surface area contributed by atoms with E-state index < -0.39 is 0 Å². The zero-order chi connectivity index (χ0) is 19.3. The summed E-state index contributed by atoms with van der Waals surface area (Å²) in [5.41, 5.74) is 3.49. The second kappa shape index (κ2) is 9.46. The van der Waals surface area contributed by atoms with Crippen molar-refractivity contribution in [2.24, 2.45) is 5.41 Å². The van der Waals surface area contributed by atoms with Gasteiger partial charge in [-0.15, -0.1) is 23.1 Å². The zero-order valence-electron chi connectivity index (χ0n) is 17.7. The maximum atomic E-state index is 4.14. The van der Waals surface area contributed by atoms with Gasteiger partial charge < -0.3 is 0 Å². The highest BCUT2D eigenvalue weighted by molar-refractivity contribution is 8.08. The highest BCUT2D eigenvalue weighted by atomic mass is 32.2. The molecule has 0 unspecified atom stereocenters. The maximum absolute atomic E-state index is 4.14. The van der Waals surface area contributed by atoms with Crippen LogP contribution in [0.25, 0.3) is 4.91 Å². The number of aryl methyl sites for hydroxylation is 1. The van der Waals surface area contributed by atoms with Crippen molar-refractivity contribution in [2.75, 3.05) is 5.75 Å². The zero-order valence-corrected chi connectivity index (χ0v) is 19.3. The Hall–Kier alpha value is -0.470. The van der Waals surface area contributed by atoms with Crippen LogP contribution >= 0.6 is 23.1 Å². The Morgan fingerprint density at radius 2 is 1.76 bits per heavy atom. The van der Waals surface area contributed by atoms with Gasteiger partial charge in [-0.25, -0.2) is 0 Å². The molecule has 1 aromatic rings. The number of hydrogen-bond donors (Lipinski definition) is 0. The van der Waals surface area contributed by atoms with Gasteiger partial charge in [-0.3, -0.25) is 0 Å². The molecule has 0 aliphatic carbocycles. The van der Waals surface area contributed by atoms with Gasteiger partial charge >= 0.3 is 0 Å². The molecule has 0 saturated heterocycles. The molecule has 0 spiro atoms. The van der Waals surface area contributed by atoms with E-state index in [9.17, 15) is 0 Å². The first-order valence-corrected chi connectivity index (χ1v) is 11.5. The summed E-state index contributed by atoms with van der Waals surface area (Å²) in [5, 5.41) is 0. The van der Waals surface area contributed by atoms with Crippen molar-refractivity contribution in [3.63, 3.8) is 0 Å². The van der Waals surface area contributed by atoms with Gasteiger partial charge in [0.2, 0.25) is 0 Å². The first kappa shape index (κ1) is 22.6. The van der Waals surface area contributed by atoms with Crippen LogP contribution in [0.2, 0.25) is 0 Å². The third-order valence-electron chi connectivity index (χ3n) is 3.98. The predicted octanol–water partition coefficient (Wildman–Crippen LogP) is 8.47. The van der Waals surface area contributed by atoms with Crippen LogP contribution in [0.4, 0.5) is 0 Å². The Morgan fingerprint density at radius 1 is 1.12 bits per heavy atom. The summed E-state index contributed by atoms with van der Waals surface area (Å²) >= 11 is 4.05.